The number of methoxy groups -OCH3 is 1. The smallest absolute Gasteiger partial charge is 0.118 e. The molecule has 118 valence electrons. The lowest BCUT2D eigenvalue weighted by Gasteiger charge is -2.06. The minimum absolute atomic E-state index is 0.873. The van der Waals surface area contributed by atoms with Crippen molar-refractivity contribution in [1.82, 2.24) is 4.98 Å². The molecule has 0 aliphatic rings. The lowest BCUT2D eigenvalue weighted by atomic mass is 9.99. The van der Waals surface area contributed by atoms with Crippen LogP contribution in [0, 0.1) is 6.92 Å². The van der Waals surface area contributed by atoms with Crippen LogP contribution < -0.4 is 4.74 Å². The Morgan fingerprint density at radius 1 is 0.750 bits per heavy atom. The maximum Gasteiger partial charge on any atom is 0.118 e. The molecule has 3 aromatic carbocycles. The van der Waals surface area contributed by atoms with Gasteiger partial charge in [0.2, 0.25) is 0 Å². The number of aryl methyl sites for hydroxylation is 1. The lowest BCUT2D eigenvalue weighted by molar-refractivity contribution is 0.415. The number of rotatable bonds is 3. The van der Waals surface area contributed by atoms with E-state index in [1.165, 1.54) is 38.7 Å². The van der Waals surface area contributed by atoms with Gasteiger partial charge in [-0.25, -0.2) is 0 Å². The molecule has 0 aliphatic heterocycles. The van der Waals surface area contributed by atoms with Gasteiger partial charge in [0.1, 0.15) is 5.75 Å². The average molecular weight is 313 g/mol. The Hall–Kier alpha value is -3.00. The fraction of sp³-hybridized carbons (Fsp3) is 0.0909. The Morgan fingerprint density at radius 2 is 1.42 bits per heavy atom. The molecular formula is C22H19NO. The van der Waals surface area contributed by atoms with Crippen LogP contribution >= 0.6 is 0 Å². The number of fused-ring (bicyclic) bond motifs is 1. The normalized spacial score (nSPS) is 10.9. The molecule has 1 aromatic heterocycles. The Morgan fingerprint density at radius 3 is 2.12 bits per heavy atom. The minimum Gasteiger partial charge on any atom is -0.497 e. The SMILES string of the molecule is COc1ccc(-c2cccc3c(-c4ccc(C)cc4)c[nH]c23)cc1. The van der Waals surface area contributed by atoms with Crippen LogP contribution in [0.5, 0.6) is 5.75 Å². The zero-order chi connectivity index (χ0) is 16.5. The van der Waals surface area contributed by atoms with E-state index in [-0.39, 0.29) is 0 Å². The zero-order valence-electron chi connectivity index (χ0n) is 13.8. The molecule has 0 saturated heterocycles. The highest BCUT2D eigenvalue weighted by Gasteiger charge is 2.10. The van der Waals surface area contributed by atoms with Gasteiger partial charge in [-0.05, 0) is 30.2 Å². The summed E-state index contributed by atoms with van der Waals surface area (Å²) in [5, 5.41) is 1.24. The molecule has 0 amide bonds. The van der Waals surface area contributed by atoms with Gasteiger partial charge in [-0.15, -0.1) is 0 Å². The van der Waals surface area contributed by atoms with Gasteiger partial charge < -0.3 is 9.72 Å². The molecule has 0 unspecified atom stereocenters. The van der Waals surface area contributed by atoms with Crippen LogP contribution in [0.15, 0.2) is 72.9 Å². The first-order valence-corrected chi connectivity index (χ1v) is 8.08. The molecule has 0 atom stereocenters. The van der Waals surface area contributed by atoms with Crippen LogP contribution in [0.2, 0.25) is 0 Å². The third-order valence-corrected chi connectivity index (χ3v) is 4.48. The molecule has 0 bridgehead atoms. The summed E-state index contributed by atoms with van der Waals surface area (Å²) in [6.45, 7) is 2.11. The van der Waals surface area contributed by atoms with Gasteiger partial charge in [0.25, 0.3) is 0 Å². The second-order valence-corrected chi connectivity index (χ2v) is 6.03. The fourth-order valence-electron chi connectivity index (χ4n) is 3.14. The van der Waals surface area contributed by atoms with Crippen molar-refractivity contribution in [1.29, 1.82) is 0 Å². The summed E-state index contributed by atoms with van der Waals surface area (Å²) in [4.78, 5) is 3.47. The second-order valence-electron chi connectivity index (χ2n) is 6.03. The van der Waals surface area contributed by atoms with E-state index >= 15 is 0 Å². The molecule has 4 rings (SSSR count). The molecule has 0 radical (unpaired) electrons. The van der Waals surface area contributed by atoms with Crippen molar-refractivity contribution in [2.45, 2.75) is 6.92 Å². The quantitative estimate of drug-likeness (QED) is 0.506. The van der Waals surface area contributed by atoms with Gasteiger partial charge in [0.15, 0.2) is 0 Å². The van der Waals surface area contributed by atoms with Gasteiger partial charge in [0, 0.05) is 22.7 Å². The van der Waals surface area contributed by atoms with Crippen LogP contribution in [0.4, 0.5) is 0 Å². The van der Waals surface area contributed by atoms with Crippen molar-refractivity contribution in [2.75, 3.05) is 7.11 Å². The first kappa shape index (κ1) is 14.6. The van der Waals surface area contributed by atoms with Gasteiger partial charge in [0.05, 0.1) is 12.6 Å². The first-order chi connectivity index (χ1) is 11.8. The number of nitrogens with one attached hydrogen (secondary N) is 1. The zero-order valence-corrected chi connectivity index (χ0v) is 13.8. The van der Waals surface area contributed by atoms with Gasteiger partial charge >= 0.3 is 0 Å². The summed E-state index contributed by atoms with van der Waals surface area (Å²) < 4.78 is 5.26. The summed E-state index contributed by atoms with van der Waals surface area (Å²) in [6, 6.07) is 23.3. The monoisotopic (exact) mass is 313 g/mol. The predicted octanol–water partition coefficient (Wildman–Crippen LogP) is 5.82. The molecule has 2 nitrogen and oxygen atoms in total. The van der Waals surface area contributed by atoms with E-state index < -0.39 is 0 Å². The average Bonchev–Trinajstić information content (AvgIpc) is 3.07. The summed E-state index contributed by atoms with van der Waals surface area (Å²) in [5.41, 5.74) is 7.29. The van der Waals surface area contributed by atoms with Crippen LogP contribution in [0.25, 0.3) is 33.2 Å². The molecule has 24 heavy (non-hydrogen) atoms. The van der Waals surface area contributed by atoms with E-state index in [0.717, 1.165) is 5.75 Å². The molecule has 2 heteroatoms. The van der Waals surface area contributed by atoms with Crippen molar-refractivity contribution >= 4 is 10.9 Å². The summed E-state index contributed by atoms with van der Waals surface area (Å²) in [6.07, 6.45) is 2.10. The standard InChI is InChI=1S/C22H19NO/c1-15-6-8-17(9-7-15)21-14-23-22-19(4-3-5-20(21)22)16-10-12-18(24-2)13-11-16/h3-14,23H,1-2H3. The number of H-pyrrole nitrogens is 1. The number of ether oxygens (including phenoxy) is 1. The van der Waals surface area contributed by atoms with E-state index in [1.54, 1.807) is 7.11 Å². The Bertz CT molecular complexity index is 979. The van der Waals surface area contributed by atoms with Crippen LogP contribution in [0.3, 0.4) is 0 Å². The number of hydrogen-bond donors (Lipinski definition) is 1. The molecule has 0 saturated carbocycles. The third-order valence-electron chi connectivity index (χ3n) is 4.48. The second kappa shape index (κ2) is 5.89. The van der Waals surface area contributed by atoms with E-state index in [1.807, 2.05) is 12.1 Å². The van der Waals surface area contributed by atoms with Gasteiger partial charge in [-0.3, -0.25) is 0 Å². The van der Waals surface area contributed by atoms with Gasteiger partial charge in [-0.1, -0.05) is 60.2 Å². The summed E-state index contributed by atoms with van der Waals surface area (Å²) in [5.74, 6) is 0.873. The minimum atomic E-state index is 0.873. The first-order valence-electron chi connectivity index (χ1n) is 8.08. The largest absolute Gasteiger partial charge is 0.497 e. The topological polar surface area (TPSA) is 25.0 Å². The predicted molar refractivity (Wildman–Crippen MR) is 100 cm³/mol. The van der Waals surface area contributed by atoms with E-state index in [0.29, 0.717) is 0 Å². The number of para-hydroxylation sites is 1. The van der Waals surface area contributed by atoms with Gasteiger partial charge in [-0.2, -0.15) is 0 Å². The maximum atomic E-state index is 5.26. The number of benzene rings is 3. The third kappa shape index (κ3) is 2.46. The van der Waals surface area contributed by atoms with Crippen LogP contribution in [-0.2, 0) is 0 Å². The highest BCUT2D eigenvalue weighted by molar-refractivity contribution is 6.03. The Labute approximate surface area is 141 Å². The lowest BCUT2D eigenvalue weighted by Crippen LogP contribution is -1.84. The molecule has 4 aromatic rings. The number of aromatic nitrogens is 1. The molecule has 1 N–H and O–H groups in total. The van der Waals surface area contributed by atoms with Crippen LogP contribution in [-0.4, -0.2) is 12.1 Å². The molecule has 0 aliphatic carbocycles. The van der Waals surface area contributed by atoms with Crippen molar-refractivity contribution < 1.29 is 4.74 Å². The summed E-state index contributed by atoms with van der Waals surface area (Å²) >= 11 is 0. The molecular weight excluding hydrogens is 294 g/mol. The fourth-order valence-corrected chi connectivity index (χ4v) is 3.14. The van der Waals surface area contributed by atoms with Crippen molar-refractivity contribution in [3.05, 3.63) is 78.5 Å². The molecule has 0 fully saturated rings. The van der Waals surface area contributed by atoms with Crippen molar-refractivity contribution in [2.24, 2.45) is 0 Å². The van der Waals surface area contributed by atoms with E-state index in [2.05, 4.69) is 72.7 Å². The van der Waals surface area contributed by atoms with E-state index in [9.17, 15) is 0 Å². The molecule has 1 heterocycles. The molecule has 0 spiro atoms. The van der Waals surface area contributed by atoms with Crippen molar-refractivity contribution in [3.8, 4) is 28.0 Å². The highest BCUT2D eigenvalue weighted by Crippen LogP contribution is 2.35. The Balaban J connectivity index is 1.85. The van der Waals surface area contributed by atoms with E-state index in [4.69, 9.17) is 4.74 Å². The Kier molecular flexibility index (Phi) is 3.58. The maximum absolute atomic E-state index is 5.26. The van der Waals surface area contributed by atoms with Crippen LogP contribution in [0.1, 0.15) is 5.56 Å². The summed E-state index contributed by atoms with van der Waals surface area (Å²) in [7, 11) is 1.69. The highest BCUT2D eigenvalue weighted by atomic mass is 16.5. The number of hydrogen-bond acceptors (Lipinski definition) is 1. The van der Waals surface area contributed by atoms with Crippen molar-refractivity contribution in [3.63, 3.8) is 0 Å². The number of aromatic amines is 1.